The Morgan fingerprint density at radius 2 is 1.62 bits per heavy atom. The number of nitrogens with one attached hydrogen (secondary N) is 2. The van der Waals surface area contributed by atoms with Crippen LogP contribution in [0.15, 0.2) is 82.2 Å². The Morgan fingerprint density at radius 1 is 0.923 bits per heavy atom. The van der Waals surface area contributed by atoms with Crippen molar-refractivity contribution in [2.24, 2.45) is 0 Å². The summed E-state index contributed by atoms with van der Waals surface area (Å²) in [7, 11) is 0. The number of rotatable bonds is 8. The lowest BCUT2D eigenvalue weighted by molar-refractivity contribution is -0.127. The second kappa shape index (κ2) is 12.5. The minimum atomic E-state index is -0.683. The molecule has 1 aliphatic rings. The third-order valence-electron chi connectivity index (χ3n) is 5.44. The topological polar surface area (TPSA) is 122 Å². The number of carbonyl (C=O) groups is 5. The summed E-state index contributed by atoms with van der Waals surface area (Å²) in [6.45, 7) is 1.06. The van der Waals surface area contributed by atoms with Crippen LogP contribution in [0.5, 0.6) is 0 Å². The van der Waals surface area contributed by atoms with E-state index in [9.17, 15) is 24.0 Å². The van der Waals surface area contributed by atoms with Crippen molar-refractivity contribution in [1.29, 1.82) is 0 Å². The van der Waals surface area contributed by atoms with Crippen molar-refractivity contribution in [3.63, 3.8) is 0 Å². The molecule has 0 aromatic heterocycles. The first-order chi connectivity index (χ1) is 18.7. The summed E-state index contributed by atoms with van der Waals surface area (Å²) < 4.78 is 5.75. The van der Waals surface area contributed by atoms with E-state index in [2.05, 4.69) is 26.6 Å². The van der Waals surface area contributed by atoms with Crippen molar-refractivity contribution in [1.82, 2.24) is 4.90 Å². The van der Waals surface area contributed by atoms with E-state index in [1.165, 1.54) is 18.2 Å². The van der Waals surface area contributed by atoms with Crippen LogP contribution < -0.4 is 10.6 Å². The van der Waals surface area contributed by atoms with Crippen molar-refractivity contribution in [2.75, 3.05) is 23.8 Å². The third-order valence-corrected chi connectivity index (χ3v) is 7.04. The number of benzene rings is 3. The van der Waals surface area contributed by atoms with Gasteiger partial charge in [0.05, 0.1) is 16.2 Å². The molecule has 3 aromatic carbocycles. The lowest BCUT2D eigenvalue weighted by atomic mass is 10.1. The Kier molecular flexibility index (Phi) is 8.95. The first-order valence-corrected chi connectivity index (χ1v) is 13.2. The number of imide groups is 1. The first-order valence-electron chi connectivity index (χ1n) is 11.6. The number of para-hydroxylation sites is 1. The molecular weight excluding hydrogens is 586 g/mol. The fraction of sp³-hybridized carbons (Fsp3) is 0.107. The van der Waals surface area contributed by atoms with Crippen LogP contribution in [0.1, 0.15) is 21.5 Å². The van der Waals surface area contributed by atoms with Gasteiger partial charge in [-0.25, -0.2) is 4.79 Å². The fourth-order valence-corrected chi connectivity index (χ4v) is 4.67. The molecule has 0 atom stereocenters. The van der Waals surface area contributed by atoms with Gasteiger partial charge < -0.3 is 15.4 Å². The number of hydrogen-bond acceptors (Lipinski definition) is 7. The van der Waals surface area contributed by atoms with E-state index in [4.69, 9.17) is 4.74 Å². The maximum atomic E-state index is 12.8. The van der Waals surface area contributed by atoms with E-state index in [-0.39, 0.29) is 10.5 Å². The molecule has 0 spiro atoms. The molecule has 39 heavy (non-hydrogen) atoms. The maximum Gasteiger partial charge on any atom is 0.338 e. The molecule has 0 radical (unpaired) electrons. The minimum absolute atomic E-state index is 0.150. The van der Waals surface area contributed by atoms with Crippen LogP contribution in [0.2, 0.25) is 0 Å². The van der Waals surface area contributed by atoms with Gasteiger partial charge in [-0.2, -0.15) is 0 Å². The Labute approximate surface area is 236 Å². The highest BCUT2D eigenvalue weighted by atomic mass is 79.9. The summed E-state index contributed by atoms with van der Waals surface area (Å²) in [6.07, 6.45) is 1.50. The maximum absolute atomic E-state index is 12.8. The number of aryl methyl sites for hydroxylation is 1. The van der Waals surface area contributed by atoms with E-state index in [1.54, 1.807) is 48.5 Å². The van der Waals surface area contributed by atoms with E-state index in [0.717, 1.165) is 22.2 Å². The number of amides is 4. The number of anilines is 2. The van der Waals surface area contributed by atoms with Crippen LogP contribution in [0.3, 0.4) is 0 Å². The molecule has 9 nitrogen and oxygen atoms in total. The zero-order chi connectivity index (χ0) is 27.9. The molecule has 11 heteroatoms. The summed E-state index contributed by atoms with van der Waals surface area (Å²) >= 11 is 4.05. The van der Waals surface area contributed by atoms with E-state index < -0.39 is 42.1 Å². The smallest absolute Gasteiger partial charge is 0.338 e. The zero-order valence-electron chi connectivity index (χ0n) is 20.6. The second-order valence-electron chi connectivity index (χ2n) is 8.41. The van der Waals surface area contributed by atoms with Crippen molar-refractivity contribution in [3.8, 4) is 0 Å². The van der Waals surface area contributed by atoms with Crippen LogP contribution in [-0.2, 0) is 19.1 Å². The Hall–Kier alpha value is -4.22. The van der Waals surface area contributed by atoms with Gasteiger partial charge in [0.15, 0.2) is 6.61 Å². The number of esters is 1. The standard InChI is InChI=1S/C28H22BrN3O6S/c1-17-6-12-20(13-7-17)30-25(34)16-38-27(36)19-10-8-18(9-11-19)14-23-26(35)32(28(37)39-23)15-24(33)31-22-5-3-2-4-21(22)29/h2-14H,15-16H2,1H3,(H,30,34)(H,31,33)/b23-14-. The number of hydrogen-bond donors (Lipinski definition) is 2. The highest BCUT2D eigenvalue weighted by molar-refractivity contribution is 9.10. The monoisotopic (exact) mass is 607 g/mol. The van der Waals surface area contributed by atoms with Crippen molar-refractivity contribution < 1.29 is 28.7 Å². The molecular formula is C28H22BrN3O6S. The summed E-state index contributed by atoms with van der Waals surface area (Å²) in [5, 5.41) is 4.75. The zero-order valence-corrected chi connectivity index (χ0v) is 23.0. The SMILES string of the molecule is Cc1ccc(NC(=O)COC(=O)c2ccc(/C=C3\SC(=O)N(CC(=O)Nc4ccccc4Br)C3=O)cc2)cc1. The summed E-state index contributed by atoms with van der Waals surface area (Å²) in [6, 6.07) is 20.3. The molecule has 1 heterocycles. The first kappa shape index (κ1) is 27.8. The molecule has 198 valence electrons. The van der Waals surface area contributed by atoms with Gasteiger partial charge in [0, 0.05) is 10.2 Å². The molecule has 3 aromatic rings. The summed E-state index contributed by atoms with van der Waals surface area (Å²) in [4.78, 5) is 62.9. The Bertz CT molecular complexity index is 1470. The number of nitrogens with zero attached hydrogens (tertiary/aromatic N) is 1. The van der Waals surface area contributed by atoms with E-state index in [1.807, 2.05) is 19.1 Å². The number of halogens is 1. The Morgan fingerprint density at radius 3 is 2.31 bits per heavy atom. The van der Waals surface area contributed by atoms with E-state index >= 15 is 0 Å². The molecule has 1 aliphatic heterocycles. The molecule has 4 amide bonds. The quantitative estimate of drug-likeness (QED) is 0.265. The normalized spacial score (nSPS) is 13.9. The number of carbonyl (C=O) groups excluding carboxylic acids is 5. The summed E-state index contributed by atoms with van der Waals surface area (Å²) in [5.74, 6) is -2.25. The second-order valence-corrected chi connectivity index (χ2v) is 10.3. The van der Waals surface area contributed by atoms with Crippen molar-refractivity contribution in [3.05, 3.63) is 98.9 Å². The van der Waals surface area contributed by atoms with Crippen molar-refractivity contribution >= 4 is 74.1 Å². The predicted molar refractivity (Wildman–Crippen MR) is 152 cm³/mol. The van der Waals surface area contributed by atoms with Gasteiger partial charge in [0.2, 0.25) is 5.91 Å². The van der Waals surface area contributed by atoms with Gasteiger partial charge in [-0.15, -0.1) is 0 Å². The molecule has 4 rings (SSSR count). The fourth-order valence-electron chi connectivity index (χ4n) is 3.45. The average molecular weight is 608 g/mol. The van der Waals surface area contributed by atoms with Gasteiger partial charge in [0.25, 0.3) is 17.1 Å². The molecule has 1 saturated heterocycles. The molecule has 0 bridgehead atoms. The highest BCUT2D eigenvalue weighted by Gasteiger charge is 2.36. The van der Waals surface area contributed by atoms with Crippen LogP contribution in [0.25, 0.3) is 6.08 Å². The van der Waals surface area contributed by atoms with Crippen LogP contribution in [-0.4, -0.2) is 47.0 Å². The molecule has 2 N–H and O–H groups in total. The number of thioether (sulfide) groups is 1. The Balaban J connectivity index is 1.31. The highest BCUT2D eigenvalue weighted by Crippen LogP contribution is 2.32. The lowest BCUT2D eigenvalue weighted by Gasteiger charge is -2.13. The van der Waals surface area contributed by atoms with Crippen LogP contribution >= 0.6 is 27.7 Å². The largest absolute Gasteiger partial charge is 0.452 e. The molecule has 0 unspecified atom stereocenters. The van der Waals surface area contributed by atoms with Gasteiger partial charge in [-0.1, -0.05) is 42.0 Å². The van der Waals surface area contributed by atoms with Gasteiger partial charge in [-0.05, 0) is 82.7 Å². The molecule has 0 saturated carbocycles. The minimum Gasteiger partial charge on any atom is -0.452 e. The summed E-state index contributed by atoms with van der Waals surface area (Å²) in [5.41, 5.74) is 2.95. The average Bonchev–Trinajstić information content (AvgIpc) is 3.17. The van der Waals surface area contributed by atoms with Gasteiger partial charge in [-0.3, -0.25) is 24.1 Å². The van der Waals surface area contributed by atoms with Gasteiger partial charge in [0.1, 0.15) is 6.54 Å². The predicted octanol–water partition coefficient (Wildman–Crippen LogP) is 5.23. The van der Waals surface area contributed by atoms with Crippen LogP contribution in [0, 0.1) is 6.92 Å². The van der Waals surface area contributed by atoms with E-state index in [0.29, 0.717) is 21.4 Å². The van der Waals surface area contributed by atoms with Gasteiger partial charge >= 0.3 is 5.97 Å². The molecule has 1 fully saturated rings. The molecule has 0 aliphatic carbocycles. The number of ether oxygens (including phenoxy) is 1. The third kappa shape index (κ3) is 7.43. The lowest BCUT2D eigenvalue weighted by Crippen LogP contribution is -2.36. The van der Waals surface area contributed by atoms with Crippen molar-refractivity contribution in [2.45, 2.75) is 6.92 Å². The van der Waals surface area contributed by atoms with Crippen LogP contribution in [0.4, 0.5) is 16.2 Å².